The Morgan fingerprint density at radius 3 is 2.12 bits per heavy atom. The van der Waals surface area contributed by atoms with Crippen LogP contribution < -0.4 is 17.1 Å². The second-order valence-electron chi connectivity index (χ2n) is 7.43. The van der Waals surface area contributed by atoms with Gasteiger partial charge in [0.05, 0.1) is 0 Å². The molecule has 0 aliphatic heterocycles. The van der Waals surface area contributed by atoms with Crippen LogP contribution in [0.5, 0.6) is 0 Å². The number of fused-ring (bicyclic) bond motifs is 1. The highest BCUT2D eigenvalue weighted by Gasteiger charge is 2.15. The van der Waals surface area contributed by atoms with E-state index in [1.165, 1.54) is 93.6 Å². The number of H-pyrrole nitrogens is 1. The highest BCUT2D eigenvalue weighted by Crippen LogP contribution is 2.17. The van der Waals surface area contributed by atoms with Gasteiger partial charge in [-0.05, 0) is 31.7 Å². The molecule has 0 spiro atoms. The fraction of sp³-hybridized carbons (Fsp3) is 0.727. The number of para-hydroxylation sites is 1. The third-order valence-electron chi connectivity index (χ3n) is 5.21. The van der Waals surface area contributed by atoms with E-state index in [0.29, 0.717) is 0 Å². The molecule has 0 radical (unpaired) electrons. The minimum atomic E-state index is 0. The van der Waals surface area contributed by atoms with Crippen LogP contribution in [-0.2, 0) is 13.0 Å². The molecule has 1 heterocycles. The van der Waals surface area contributed by atoms with Crippen molar-refractivity contribution in [2.45, 2.75) is 104 Å². The molecule has 4 heteroatoms. The van der Waals surface area contributed by atoms with Crippen LogP contribution in [0.15, 0.2) is 18.2 Å². The van der Waals surface area contributed by atoms with Gasteiger partial charge in [-0.25, -0.2) is 0 Å². The van der Waals surface area contributed by atoms with Crippen LogP contribution in [0.2, 0.25) is 0 Å². The van der Waals surface area contributed by atoms with Crippen LogP contribution in [0.4, 0.5) is 0 Å². The number of unbranched alkanes of at least 4 members (excludes halogenated alkanes) is 10. The van der Waals surface area contributed by atoms with E-state index in [4.69, 9.17) is 0 Å². The lowest BCUT2D eigenvalue weighted by Crippen LogP contribution is -3.00. The average Bonchev–Trinajstić information content (AvgIpc) is 3.05. The van der Waals surface area contributed by atoms with Crippen molar-refractivity contribution in [3.8, 4) is 0 Å². The minimum absolute atomic E-state index is 0. The summed E-state index contributed by atoms with van der Waals surface area (Å²) in [5.74, 6) is 0. The lowest BCUT2D eigenvalue weighted by atomic mass is 10.0. The SMILES string of the molecule is CCCCCCCCc1cccc2c1n[nH][n+]2CCCCCCCC.[Cl-]. The third kappa shape index (κ3) is 7.65. The van der Waals surface area contributed by atoms with E-state index in [2.05, 4.69) is 47.0 Å². The largest absolute Gasteiger partial charge is 1.00 e. The summed E-state index contributed by atoms with van der Waals surface area (Å²) in [6.07, 6.45) is 17.3. The Morgan fingerprint density at radius 1 is 0.808 bits per heavy atom. The number of benzene rings is 1. The molecule has 0 saturated heterocycles. The summed E-state index contributed by atoms with van der Waals surface area (Å²) >= 11 is 0. The predicted octanol–water partition coefficient (Wildman–Crippen LogP) is 3.12. The lowest BCUT2D eigenvalue weighted by Gasteiger charge is -2.01. The van der Waals surface area contributed by atoms with Gasteiger partial charge in [0.15, 0.2) is 0 Å². The van der Waals surface area contributed by atoms with Gasteiger partial charge in [-0.3, -0.25) is 0 Å². The van der Waals surface area contributed by atoms with Crippen molar-refractivity contribution < 1.29 is 17.1 Å². The zero-order valence-electron chi connectivity index (χ0n) is 16.9. The highest BCUT2D eigenvalue weighted by molar-refractivity contribution is 5.74. The van der Waals surface area contributed by atoms with Crippen molar-refractivity contribution in [2.24, 2.45) is 0 Å². The maximum absolute atomic E-state index is 4.61. The van der Waals surface area contributed by atoms with Gasteiger partial charge in [-0.2, -0.15) is 4.68 Å². The number of halogens is 1. The topological polar surface area (TPSA) is 32.6 Å². The maximum Gasteiger partial charge on any atom is 0.252 e. The molecule has 0 amide bonds. The van der Waals surface area contributed by atoms with E-state index in [0.717, 1.165) is 13.0 Å². The summed E-state index contributed by atoms with van der Waals surface area (Å²) in [6, 6.07) is 6.66. The molecular formula is C22H38ClN3. The molecule has 3 nitrogen and oxygen atoms in total. The number of rotatable bonds is 14. The van der Waals surface area contributed by atoms with Crippen LogP contribution in [-0.4, -0.2) is 10.3 Å². The molecule has 0 bridgehead atoms. The van der Waals surface area contributed by atoms with Gasteiger partial charge in [-0.15, -0.1) is 0 Å². The molecule has 148 valence electrons. The van der Waals surface area contributed by atoms with Crippen LogP contribution in [0, 0.1) is 0 Å². The molecule has 1 N–H and O–H groups in total. The fourth-order valence-electron chi connectivity index (χ4n) is 3.61. The van der Waals surface area contributed by atoms with Crippen LogP contribution in [0.1, 0.15) is 96.5 Å². The standard InChI is InChI=1S/C22H37N3.ClH/c1-3-5-7-9-11-13-16-20-17-15-18-21-22(20)23-24-25(21)19-14-12-10-8-6-4-2;/h15,17-18H,3-14,16,19H2,1-2H3;1H. The number of aryl methyl sites for hydroxylation is 2. The monoisotopic (exact) mass is 379 g/mol. The maximum atomic E-state index is 4.61. The van der Waals surface area contributed by atoms with Crippen LogP contribution in [0.3, 0.4) is 0 Å². The third-order valence-corrected chi connectivity index (χ3v) is 5.21. The number of nitrogens with one attached hydrogen (secondary N) is 1. The molecule has 1 aromatic carbocycles. The van der Waals surface area contributed by atoms with E-state index in [9.17, 15) is 0 Å². The van der Waals surface area contributed by atoms with Crippen molar-refractivity contribution >= 4 is 11.0 Å². The predicted molar refractivity (Wildman–Crippen MR) is 107 cm³/mol. The van der Waals surface area contributed by atoms with Gasteiger partial charge in [0.25, 0.3) is 5.52 Å². The van der Waals surface area contributed by atoms with Gasteiger partial charge in [0.2, 0.25) is 5.52 Å². The first-order chi connectivity index (χ1) is 12.4. The minimum Gasteiger partial charge on any atom is -1.00 e. The first-order valence-electron chi connectivity index (χ1n) is 10.7. The number of aromatic amines is 1. The first kappa shape index (κ1) is 23.0. The fourth-order valence-corrected chi connectivity index (χ4v) is 3.61. The van der Waals surface area contributed by atoms with Crippen LogP contribution >= 0.6 is 0 Å². The smallest absolute Gasteiger partial charge is 0.252 e. The van der Waals surface area contributed by atoms with Gasteiger partial charge in [0, 0.05) is 10.7 Å². The molecule has 0 aliphatic rings. The summed E-state index contributed by atoms with van der Waals surface area (Å²) in [4.78, 5) is 0. The molecule has 0 atom stereocenters. The van der Waals surface area contributed by atoms with Crippen molar-refractivity contribution in [1.29, 1.82) is 0 Å². The molecule has 2 rings (SSSR count). The molecular weight excluding hydrogens is 342 g/mol. The van der Waals surface area contributed by atoms with Gasteiger partial charge in [0.1, 0.15) is 6.54 Å². The van der Waals surface area contributed by atoms with Crippen molar-refractivity contribution in [3.05, 3.63) is 23.8 Å². The second-order valence-corrected chi connectivity index (χ2v) is 7.43. The Bertz CT molecular complexity index is 594. The Labute approximate surface area is 166 Å². The van der Waals surface area contributed by atoms with Crippen molar-refractivity contribution in [1.82, 2.24) is 10.3 Å². The zero-order valence-corrected chi connectivity index (χ0v) is 17.7. The summed E-state index contributed by atoms with van der Waals surface area (Å²) in [5.41, 5.74) is 3.87. The van der Waals surface area contributed by atoms with E-state index in [1.807, 2.05) is 0 Å². The Balaban J connectivity index is 0.00000338. The quantitative estimate of drug-likeness (QED) is 0.397. The number of aromatic nitrogens is 3. The second kappa shape index (κ2) is 14.0. The van der Waals surface area contributed by atoms with Crippen molar-refractivity contribution in [3.63, 3.8) is 0 Å². The highest BCUT2D eigenvalue weighted by atomic mass is 35.5. The number of hydrogen-bond donors (Lipinski definition) is 1. The zero-order chi connectivity index (χ0) is 17.7. The Morgan fingerprint density at radius 2 is 1.42 bits per heavy atom. The molecule has 0 fully saturated rings. The molecule has 2 aromatic rings. The summed E-state index contributed by atoms with van der Waals surface area (Å²) in [5, 5.41) is 7.85. The van der Waals surface area contributed by atoms with E-state index >= 15 is 0 Å². The summed E-state index contributed by atoms with van der Waals surface area (Å²) in [7, 11) is 0. The molecule has 0 saturated carbocycles. The van der Waals surface area contributed by atoms with E-state index in [1.54, 1.807) is 0 Å². The van der Waals surface area contributed by atoms with Gasteiger partial charge in [-0.1, -0.05) is 89.0 Å². The van der Waals surface area contributed by atoms with Crippen molar-refractivity contribution in [2.75, 3.05) is 0 Å². The normalized spacial score (nSPS) is 11.0. The van der Waals surface area contributed by atoms with Gasteiger partial charge >= 0.3 is 0 Å². The molecule has 0 unspecified atom stereocenters. The van der Waals surface area contributed by atoms with E-state index < -0.39 is 0 Å². The number of hydrogen-bond acceptors (Lipinski definition) is 1. The summed E-state index contributed by atoms with van der Waals surface area (Å²) < 4.78 is 2.24. The number of nitrogens with zero attached hydrogens (tertiary/aromatic N) is 2. The summed E-state index contributed by atoms with van der Waals surface area (Å²) in [6.45, 7) is 5.61. The van der Waals surface area contributed by atoms with Gasteiger partial charge < -0.3 is 12.4 Å². The van der Waals surface area contributed by atoms with Crippen LogP contribution in [0.25, 0.3) is 11.0 Å². The lowest BCUT2D eigenvalue weighted by molar-refractivity contribution is -0.731. The molecule has 0 aliphatic carbocycles. The Kier molecular flexibility index (Phi) is 12.4. The first-order valence-corrected chi connectivity index (χ1v) is 10.7. The average molecular weight is 380 g/mol. The molecule has 26 heavy (non-hydrogen) atoms. The van der Waals surface area contributed by atoms with E-state index in [-0.39, 0.29) is 12.4 Å². The molecule has 1 aromatic heterocycles. The Hall–Kier alpha value is -1.09.